The molecule has 4 heteroatoms. The zero-order valence-electron chi connectivity index (χ0n) is 12.4. The van der Waals surface area contributed by atoms with Gasteiger partial charge < -0.3 is 9.47 Å². The predicted molar refractivity (Wildman–Crippen MR) is 72.2 cm³/mol. The van der Waals surface area contributed by atoms with E-state index in [1.54, 1.807) is 6.08 Å². The van der Waals surface area contributed by atoms with Crippen LogP contribution in [-0.4, -0.2) is 26.2 Å². The largest absolute Gasteiger partial charge is 0.469 e. The molecule has 0 heterocycles. The maximum Gasteiger partial charge on any atom is 0.333 e. The van der Waals surface area contributed by atoms with Crippen molar-refractivity contribution in [1.29, 1.82) is 0 Å². The van der Waals surface area contributed by atoms with Gasteiger partial charge in [-0.05, 0) is 19.3 Å². The predicted octanol–water partition coefficient (Wildman–Crippen LogP) is 3.11. The molecular formula is C14H26O4. The fraction of sp³-hybridized carbons (Fsp3) is 0.714. The summed E-state index contributed by atoms with van der Waals surface area (Å²) in [7, 11) is 2.73. The van der Waals surface area contributed by atoms with Crippen LogP contribution in [0.4, 0.5) is 0 Å². The second-order valence-electron chi connectivity index (χ2n) is 3.22. The highest BCUT2D eigenvalue weighted by molar-refractivity contribution is 5.88. The normalized spacial score (nSPS) is 17.0. The van der Waals surface area contributed by atoms with E-state index in [1.807, 2.05) is 27.7 Å². The first kappa shape index (κ1) is 19.0. The Kier molecular flexibility index (Phi) is 12.8. The third kappa shape index (κ3) is 6.42. The lowest BCUT2D eigenvalue weighted by Crippen LogP contribution is -2.20. The zero-order chi connectivity index (χ0) is 14.6. The van der Waals surface area contributed by atoms with Crippen molar-refractivity contribution in [2.75, 3.05) is 14.2 Å². The summed E-state index contributed by atoms with van der Waals surface area (Å²) in [6.45, 7) is 8.00. The van der Waals surface area contributed by atoms with Crippen LogP contribution in [0.3, 0.4) is 0 Å². The van der Waals surface area contributed by atoms with Gasteiger partial charge in [0.1, 0.15) is 0 Å². The Bertz CT molecular complexity index is 269. The Morgan fingerprint density at radius 2 is 1.67 bits per heavy atom. The Morgan fingerprint density at radius 1 is 1.11 bits per heavy atom. The molecule has 0 aliphatic heterocycles. The average Bonchev–Trinajstić information content (AvgIpc) is 2.49. The third-order valence-electron chi connectivity index (χ3n) is 2.39. The second kappa shape index (κ2) is 12.1. The van der Waals surface area contributed by atoms with Crippen molar-refractivity contribution in [2.45, 2.75) is 47.0 Å². The number of methoxy groups -OCH3 is 2. The highest BCUT2D eigenvalue weighted by Crippen LogP contribution is 2.24. The second-order valence-corrected chi connectivity index (χ2v) is 3.22. The topological polar surface area (TPSA) is 52.6 Å². The average molecular weight is 258 g/mol. The van der Waals surface area contributed by atoms with Gasteiger partial charge in [-0.15, -0.1) is 0 Å². The third-order valence-corrected chi connectivity index (χ3v) is 2.39. The summed E-state index contributed by atoms with van der Waals surface area (Å²) in [5.41, 5.74) is 0.660. The molecule has 1 aliphatic carbocycles. The molecule has 1 atom stereocenters. The van der Waals surface area contributed by atoms with Crippen molar-refractivity contribution in [3.8, 4) is 0 Å². The van der Waals surface area contributed by atoms with Gasteiger partial charge in [0.15, 0.2) is 0 Å². The van der Waals surface area contributed by atoms with E-state index in [9.17, 15) is 9.59 Å². The van der Waals surface area contributed by atoms with Crippen LogP contribution in [0, 0.1) is 5.92 Å². The van der Waals surface area contributed by atoms with Crippen LogP contribution in [0.2, 0.25) is 0 Å². The molecule has 18 heavy (non-hydrogen) atoms. The van der Waals surface area contributed by atoms with E-state index in [-0.39, 0.29) is 17.9 Å². The molecule has 0 radical (unpaired) electrons. The van der Waals surface area contributed by atoms with Crippen LogP contribution >= 0.6 is 0 Å². The quantitative estimate of drug-likeness (QED) is 0.714. The van der Waals surface area contributed by atoms with Gasteiger partial charge in [0.2, 0.25) is 0 Å². The number of rotatable bonds is 2. The van der Waals surface area contributed by atoms with Gasteiger partial charge in [-0.2, -0.15) is 0 Å². The van der Waals surface area contributed by atoms with Crippen LogP contribution in [0.15, 0.2) is 11.6 Å². The van der Waals surface area contributed by atoms with Gasteiger partial charge in [0, 0.05) is 5.57 Å². The smallest absolute Gasteiger partial charge is 0.333 e. The van der Waals surface area contributed by atoms with Crippen LogP contribution < -0.4 is 0 Å². The Morgan fingerprint density at radius 3 is 2.00 bits per heavy atom. The number of hydrogen-bond donors (Lipinski definition) is 0. The molecule has 1 unspecified atom stereocenters. The molecule has 0 fully saturated rings. The van der Waals surface area contributed by atoms with Crippen LogP contribution in [-0.2, 0) is 19.1 Å². The van der Waals surface area contributed by atoms with Gasteiger partial charge in [-0.3, -0.25) is 4.79 Å². The Hall–Kier alpha value is -1.32. The Balaban J connectivity index is 0. The molecule has 0 amide bonds. The van der Waals surface area contributed by atoms with Crippen molar-refractivity contribution in [3.05, 3.63) is 11.6 Å². The molecule has 1 aliphatic rings. The molecule has 0 saturated heterocycles. The highest BCUT2D eigenvalue weighted by Gasteiger charge is 2.24. The SMILES string of the molecule is CC.CC.COC(=O)C1=CCC(C(=O)OC)CC1. The standard InChI is InChI=1S/C10H14O4.2C2H6/c1-13-9(11)7-3-5-8(6-4-7)10(12)14-2;2*1-2/h3,8H,4-6H2,1-2H3;2*1-2H3. The van der Waals surface area contributed by atoms with E-state index >= 15 is 0 Å². The molecule has 4 nitrogen and oxygen atoms in total. The number of carbonyl (C=O) groups is 2. The van der Waals surface area contributed by atoms with Crippen molar-refractivity contribution >= 4 is 11.9 Å². The Labute approximate surface area is 110 Å². The molecule has 0 bridgehead atoms. The maximum atomic E-state index is 11.1. The van der Waals surface area contributed by atoms with E-state index in [1.165, 1.54) is 14.2 Å². The van der Waals surface area contributed by atoms with Gasteiger partial charge in [0.25, 0.3) is 0 Å². The molecule has 0 aromatic heterocycles. The first-order valence-corrected chi connectivity index (χ1v) is 6.54. The summed E-state index contributed by atoms with van der Waals surface area (Å²) < 4.78 is 9.22. The van der Waals surface area contributed by atoms with Crippen LogP contribution in [0.1, 0.15) is 47.0 Å². The minimum Gasteiger partial charge on any atom is -0.469 e. The number of esters is 2. The van der Waals surface area contributed by atoms with Crippen LogP contribution in [0.25, 0.3) is 0 Å². The van der Waals surface area contributed by atoms with E-state index < -0.39 is 0 Å². The number of ether oxygens (including phenoxy) is 2. The number of carbonyl (C=O) groups excluding carboxylic acids is 2. The fourth-order valence-electron chi connectivity index (χ4n) is 1.53. The fourth-order valence-corrected chi connectivity index (χ4v) is 1.53. The van der Waals surface area contributed by atoms with Crippen LogP contribution in [0.5, 0.6) is 0 Å². The van der Waals surface area contributed by atoms with Crippen molar-refractivity contribution in [3.63, 3.8) is 0 Å². The molecule has 0 aromatic carbocycles. The molecular weight excluding hydrogens is 232 g/mol. The molecule has 1 rings (SSSR count). The number of allylic oxidation sites excluding steroid dienone is 1. The molecule has 106 valence electrons. The van der Waals surface area contributed by atoms with Gasteiger partial charge in [-0.1, -0.05) is 33.8 Å². The lowest BCUT2D eigenvalue weighted by atomic mass is 9.90. The minimum absolute atomic E-state index is 0.103. The van der Waals surface area contributed by atoms with Crippen molar-refractivity contribution in [2.24, 2.45) is 5.92 Å². The highest BCUT2D eigenvalue weighted by atomic mass is 16.5. The summed E-state index contributed by atoms with van der Waals surface area (Å²) in [4.78, 5) is 22.3. The lowest BCUT2D eigenvalue weighted by molar-refractivity contribution is -0.146. The van der Waals surface area contributed by atoms with Gasteiger partial charge in [-0.25, -0.2) is 4.79 Å². The van der Waals surface area contributed by atoms with Crippen molar-refractivity contribution < 1.29 is 19.1 Å². The maximum absolute atomic E-state index is 11.1. The monoisotopic (exact) mass is 258 g/mol. The summed E-state index contributed by atoms with van der Waals surface area (Å²) in [6.07, 6.45) is 3.58. The molecule has 0 saturated carbocycles. The van der Waals surface area contributed by atoms with Gasteiger partial charge in [0.05, 0.1) is 20.1 Å². The first-order valence-electron chi connectivity index (χ1n) is 6.54. The summed E-state index contributed by atoms with van der Waals surface area (Å²) in [5, 5.41) is 0. The summed E-state index contributed by atoms with van der Waals surface area (Å²) in [6, 6.07) is 0. The summed E-state index contributed by atoms with van der Waals surface area (Å²) >= 11 is 0. The van der Waals surface area contributed by atoms with E-state index in [0.29, 0.717) is 24.8 Å². The van der Waals surface area contributed by atoms with E-state index in [2.05, 4.69) is 9.47 Å². The summed E-state index contributed by atoms with van der Waals surface area (Å²) in [5.74, 6) is -0.605. The van der Waals surface area contributed by atoms with E-state index in [4.69, 9.17) is 0 Å². The van der Waals surface area contributed by atoms with E-state index in [0.717, 1.165) is 0 Å². The lowest BCUT2D eigenvalue weighted by Gasteiger charge is -2.18. The zero-order valence-corrected chi connectivity index (χ0v) is 12.4. The minimum atomic E-state index is -0.298. The molecule has 0 aromatic rings. The van der Waals surface area contributed by atoms with Crippen molar-refractivity contribution in [1.82, 2.24) is 0 Å². The first-order chi connectivity index (χ1) is 8.69. The molecule has 0 N–H and O–H groups in total. The molecule has 0 spiro atoms. The van der Waals surface area contributed by atoms with Gasteiger partial charge >= 0.3 is 11.9 Å². The number of hydrogen-bond acceptors (Lipinski definition) is 4.